The van der Waals surface area contributed by atoms with Gasteiger partial charge in [0.15, 0.2) is 0 Å². The lowest BCUT2D eigenvalue weighted by Gasteiger charge is -2.35. The van der Waals surface area contributed by atoms with Gasteiger partial charge in [-0.2, -0.15) is 0 Å². The van der Waals surface area contributed by atoms with Crippen LogP contribution in [0.5, 0.6) is 0 Å². The molecule has 6 heteroatoms. The Balaban J connectivity index is 3.31. The van der Waals surface area contributed by atoms with E-state index in [1.54, 1.807) is 28.4 Å². The Kier molecular flexibility index (Phi) is 6.97. The fourth-order valence-electron chi connectivity index (χ4n) is 2.74. The third-order valence-corrected chi connectivity index (χ3v) is 12.1. The first-order valence-corrected chi connectivity index (χ1v) is 12.4. The van der Waals surface area contributed by atoms with Gasteiger partial charge in [0.1, 0.15) is 0 Å². The number of hydrogen-bond acceptors (Lipinski definition) is 4. The van der Waals surface area contributed by atoms with E-state index in [9.17, 15) is 0 Å². The first-order valence-electron chi connectivity index (χ1n) is 7.59. The van der Waals surface area contributed by atoms with Gasteiger partial charge in [0.2, 0.25) is 0 Å². The van der Waals surface area contributed by atoms with E-state index < -0.39 is 17.1 Å². The molecule has 126 valence electrons. The van der Waals surface area contributed by atoms with Gasteiger partial charge in [-0.05, 0) is 24.2 Å². The van der Waals surface area contributed by atoms with E-state index in [-0.39, 0.29) is 11.1 Å². The van der Waals surface area contributed by atoms with E-state index in [2.05, 4.69) is 51.2 Å². The van der Waals surface area contributed by atoms with Gasteiger partial charge < -0.3 is 17.7 Å². The molecule has 0 bridgehead atoms. The van der Waals surface area contributed by atoms with Gasteiger partial charge >= 0.3 is 17.1 Å². The molecule has 2 atom stereocenters. The van der Waals surface area contributed by atoms with Gasteiger partial charge in [0.25, 0.3) is 0 Å². The van der Waals surface area contributed by atoms with Crippen molar-refractivity contribution in [3.05, 3.63) is 35.4 Å². The number of hydrogen-bond donors (Lipinski definition) is 0. The van der Waals surface area contributed by atoms with Crippen LogP contribution in [0.2, 0.25) is 13.1 Å². The van der Waals surface area contributed by atoms with Crippen molar-refractivity contribution in [2.24, 2.45) is 0 Å². The summed E-state index contributed by atoms with van der Waals surface area (Å²) in [6.45, 7) is 8.57. The monoisotopic (exact) mass is 342 g/mol. The van der Waals surface area contributed by atoms with Gasteiger partial charge in [0.05, 0.1) is 0 Å². The second-order valence-corrected chi connectivity index (χ2v) is 13.3. The van der Waals surface area contributed by atoms with Crippen molar-refractivity contribution in [1.29, 1.82) is 0 Å². The second-order valence-electron chi connectivity index (χ2n) is 5.92. The first kappa shape index (κ1) is 19.5. The van der Waals surface area contributed by atoms with Crippen LogP contribution in [0.15, 0.2) is 24.3 Å². The average Bonchev–Trinajstić information content (AvgIpc) is 2.58. The summed E-state index contributed by atoms with van der Waals surface area (Å²) in [5.74, 6) is 0. The van der Waals surface area contributed by atoms with E-state index >= 15 is 0 Å². The lowest BCUT2D eigenvalue weighted by molar-refractivity contribution is 0.236. The molecule has 0 fully saturated rings. The highest BCUT2D eigenvalue weighted by atomic mass is 28.4. The minimum atomic E-state index is -2.26. The summed E-state index contributed by atoms with van der Waals surface area (Å²) in [5, 5.41) is 0. The Hall–Kier alpha value is -0.506. The predicted molar refractivity (Wildman–Crippen MR) is 94.5 cm³/mol. The van der Waals surface area contributed by atoms with Gasteiger partial charge in [-0.1, -0.05) is 38.1 Å². The zero-order valence-electron chi connectivity index (χ0n) is 15.1. The summed E-state index contributed by atoms with van der Waals surface area (Å²) in [6.07, 6.45) is 0. The number of benzene rings is 1. The second kappa shape index (κ2) is 7.85. The van der Waals surface area contributed by atoms with Crippen molar-refractivity contribution in [3.8, 4) is 0 Å². The summed E-state index contributed by atoms with van der Waals surface area (Å²) in [4.78, 5) is 0. The maximum absolute atomic E-state index is 5.74. The lowest BCUT2D eigenvalue weighted by atomic mass is 10.0. The largest absolute Gasteiger partial charge is 0.397 e. The fraction of sp³-hybridized carbons (Fsp3) is 0.625. The molecule has 0 aliphatic heterocycles. The maximum Gasteiger partial charge on any atom is 0.341 e. The van der Waals surface area contributed by atoms with E-state index in [1.165, 1.54) is 11.1 Å². The van der Waals surface area contributed by atoms with Crippen LogP contribution in [-0.2, 0) is 17.7 Å². The van der Waals surface area contributed by atoms with Gasteiger partial charge in [-0.3, -0.25) is 0 Å². The summed E-state index contributed by atoms with van der Waals surface area (Å²) in [6, 6.07) is 8.47. The van der Waals surface area contributed by atoms with Gasteiger partial charge in [0, 0.05) is 39.5 Å². The molecule has 1 rings (SSSR count). The summed E-state index contributed by atoms with van der Waals surface area (Å²) < 4.78 is 23.0. The first-order chi connectivity index (χ1) is 10.3. The van der Waals surface area contributed by atoms with Crippen molar-refractivity contribution in [3.63, 3.8) is 0 Å². The SMILES string of the molecule is CO[Si](C)(OC)C(C)c1ccccc1C(C)[Si](C)(OC)OC. The molecular weight excluding hydrogens is 312 g/mol. The highest BCUT2D eigenvalue weighted by molar-refractivity contribution is 6.68. The predicted octanol–water partition coefficient (Wildman–Crippen LogP) is 3.70. The topological polar surface area (TPSA) is 36.9 Å². The minimum absolute atomic E-state index is 0.216. The van der Waals surface area contributed by atoms with Crippen molar-refractivity contribution in [2.75, 3.05) is 28.4 Å². The van der Waals surface area contributed by atoms with Gasteiger partial charge in [-0.15, -0.1) is 0 Å². The molecule has 2 unspecified atom stereocenters. The zero-order chi connectivity index (χ0) is 17.0. The molecule has 1 aromatic carbocycles. The van der Waals surface area contributed by atoms with Crippen LogP contribution in [-0.4, -0.2) is 45.6 Å². The summed E-state index contributed by atoms with van der Waals surface area (Å²) >= 11 is 0. The molecule has 0 aliphatic carbocycles. The van der Waals surface area contributed by atoms with Crippen LogP contribution < -0.4 is 0 Å². The van der Waals surface area contributed by atoms with E-state index in [0.717, 1.165) is 0 Å². The molecule has 0 amide bonds. The highest BCUT2D eigenvalue weighted by Crippen LogP contribution is 2.36. The average molecular weight is 343 g/mol. The molecular formula is C16H30O4Si2. The van der Waals surface area contributed by atoms with Crippen LogP contribution in [0.1, 0.15) is 36.1 Å². The molecule has 0 aliphatic rings. The van der Waals surface area contributed by atoms with Crippen molar-refractivity contribution >= 4 is 17.1 Å². The third-order valence-electron chi connectivity index (χ3n) is 5.12. The van der Waals surface area contributed by atoms with Crippen LogP contribution in [0.4, 0.5) is 0 Å². The van der Waals surface area contributed by atoms with Gasteiger partial charge in [-0.25, -0.2) is 0 Å². The molecule has 0 heterocycles. The summed E-state index contributed by atoms with van der Waals surface area (Å²) in [7, 11) is 2.42. The fourth-order valence-corrected chi connectivity index (χ4v) is 6.14. The molecule has 0 radical (unpaired) electrons. The smallest absolute Gasteiger partial charge is 0.341 e. The van der Waals surface area contributed by atoms with E-state index in [0.29, 0.717) is 0 Å². The molecule has 1 aromatic rings. The van der Waals surface area contributed by atoms with Crippen molar-refractivity contribution in [2.45, 2.75) is 38.0 Å². The maximum atomic E-state index is 5.74. The molecule has 0 saturated carbocycles. The standard InChI is InChI=1S/C16H30O4Si2/c1-13(21(7,17-3)18-4)15-11-9-10-12-16(15)14(2)22(8,19-5)20-6/h9-14H,1-8H3. The Labute approximate surface area is 137 Å². The lowest BCUT2D eigenvalue weighted by Crippen LogP contribution is -2.45. The Morgan fingerprint density at radius 1 is 0.682 bits per heavy atom. The molecule has 22 heavy (non-hydrogen) atoms. The Morgan fingerprint density at radius 3 is 1.18 bits per heavy atom. The molecule has 0 saturated heterocycles. The molecule has 0 aromatic heterocycles. The van der Waals surface area contributed by atoms with Crippen LogP contribution in [0.25, 0.3) is 0 Å². The van der Waals surface area contributed by atoms with Crippen molar-refractivity contribution in [1.82, 2.24) is 0 Å². The molecule has 0 N–H and O–H groups in total. The summed E-state index contributed by atoms with van der Waals surface area (Å²) in [5.41, 5.74) is 2.96. The van der Waals surface area contributed by atoms with E-state index in [1.807, 2.05) is 0 Å². The van der Waals surface area contributed by atoms with Crippen LogP contribution in [0.3, 0.4) is 0 Å². The van der Waals surface area contributed by atoms with Crippen LogP contribution >= 0.6 is 0 Å². The highest BCUT2D eigenvalue weighted by Gasteiger charge is 2.42. The quantitative estimate of drug-likeness (QED) is 0.675. The molecule has 4 nitrogen and oxygen atoms in total. The third kappa shape index (κ3) is 3.69. The normalized spacial score (nSPS) is 15.6. The number of rotatable bonds is 8. The minimum Gasteiger partial charge on any atom is -0.397 e. The Morgan fingerprint density at radius 2 is 0.955 bits per heavy atom. The Bertz CT molecular complexity index is 430. The van der Waals surface area contributed by atoms with E-state index in [4.69, 9.17) is 17.7 Å². The van der Waals surface area contributed by atoms with Crippen molar-refractivity contribution < 1.29 is 17.7 Å². The zero-order valence-corrected chi connectivity index (χ0v) is 17.1. The van der Waals surface area contributed by atoms with Crippen LogP contribution in [0, 0.1) is 0 Å². The molecule has 0 spiro atoms.